The van der Waals surface area contributed by atoms with Gasteiger partial charge in [-0.25, -0.2) is 0 Å². The lowest BCUT2D eigenvalue weighted by molar-refractivity contribution is 0.389. The molecule has 0 spiro atoms. The van der Waals surface area contributed by atoms with Gasteiger partial charge in [0.1, 0.15) is 12.5 Å². The second-order valence-corrected chi connectivity index (χ2v) is 0.855. The summed E-state index contributed by atoms with van der Waals surface area (Å²) in [4.78, 5) is 0. The topological polar surface area (TPSA) is 23.3 Å². The molecule has 1 radical (unpaired) electrons. The molecule has 0 amide bonds. The van der Waals surface area contributed by atoms with Crippen molar-refractivity contribution in [1.82, 2.24) is 5.32 Å². The van der Waals surface area contributed by atoms with Crippen LogP contribution in [-0.2, 0) is 4.74 Å². The van der Waals surface area contributed by atoms with Gasteiger partial charge in [0.05, 0.1) is 12.4 Å². The zero-order chi connectivity index (χ0) is 4.24. The monoisotopic (exact) mass is 82.0 g/mol. The Morgan fingerprint density at radius 3 is 2.00 bits per heavy atom. The molecule has 2 heteroatoms. The zero-order valence-electron chi connectivity index (χ0n) is 3.16. The smallest absolute Gasteiger partial charge is 0.108 e. The van der Waals surface area contributed by atoms with E-state index in [1.807, 2.05) is 0 Å². The molecule has 0 aromatic carbocycles. The molecule has 0 bridgehead atoms. The van der Waals surface area contributed by atoms with Crippen molar-refractivity contribution in [2.75, 3.05) is 0 Å². The molecule has 2 nitrogen and oxygen atoms in total. The Bertz CT molecular complexity index is 65.5. The number of rotatable bonds is 0. The third kappa shape index (κ3) is 0.516. The highest BCUT2D eigenvalue weighted by Gasteiger charge is 1.75. The van der Waals surface area contributed by atoms with Crippen molar-refractivity contribution in [2.45, 2.75) is 0 Å². The summed E-state index contributed by atoms with van der Waals surface area (Å²) in [5.74, 6) is 0. The number of hydrogen-bond donors (Lipinski definition) is 0. The van der Waals surface area contributed by atoms with Crippen LogP contribution in [0.1, 0.15) is 0 Å². The molecule has 1 aliphatic rings. The van der Waals surface area contributed by atoms with E-state index in [4.69, 9.17) is 0 Å². The molecular formula is C4H4NO. The summed E-state index contributed by atoms with van der Waals surface area (Å²) in [5, 5.41) is 3.69. The number of ether oxygens (including phenoxy) is 1. The zero-order valence-corrected chi connectivity index (χ0v) is 3.16. The van der Waals surface area contributed by atoms with Gasteiger partial charge in [0.2, 0.25) is 0 Å². The van der Waals surface area contributed by atoms with Gasteiger partial charge in [-0.3, -0.25) is 5.32 Å². The van der Waals surface area contributed by atoms with Crippen LogP contribution in [0.15, 0.2) is 24.9 Å². The van der Waals surface area contributed by atoms with E-state index >= 15 is 0 Å². The van der Waals surface area contributed by atoms with E-state index in [-0.39, 0.29) is 0 Å². The first-order valence-corrected chi connectivity index (χ1v) is 1.65. The van der Waals surface area contributed by atoms with Crippen molar-refractivity contribution in [1.29, 1.82) is 0 Å². The Kier molecular flexibility index (Phi) is 0.819. The fourth-order valence-electron chi connectivity index (χ4n) is 0.236. The van der Waals surface area contributed by atoms with Gasteiger partial charge in [0, 0.05) is 0 Å². The van der Waals surface area contributed by atoms with Gasteiger partial charge in [-0.15, -0.1) is 0 Å². The minimum Gasteiger partial charge on any atom is -0.469 e. The molecule has 0 fully saturated rings. The van der Waals surface area contributed by atoms with E-state index in [9.17, 15) is 0 Å². The van der Waals surface area contributed by atoms with Crippen LogP contribution in [0.25, 0.3) is 0 Å². The van der Waals surface area contributed by atoms with Crippen molar-refractivity contribution in [3.05, 3.63) is 24.9 Å². The molecule has 0 unspecified atom stereocenters. The Morgan fingerprint density at radius 1 is 1.17 bits per heavy atom. The third-order valence-electron chi connectivity index (χ3n) is 0.451. The predicted octanol–water partition coefficient (Wildman–Crippen LogP) is 0.563. The quantitative estimate of drug-likeness (QED) is 0.419. The van der Waals surface area contributed by atoms with Gasteiger partial charge >= 0.3 is 0 Å². The van der Waals surface area contributed by atoms with Crippen LogP contribution in [0.2, 0.25) is 0 Å². The van der Waals surface area contributed by atoms with E-state index in [0.717, 1.165) is 0 Å². The first-order chi connectivity index (χ1) is 3.00. The Labute approximate surface area is 36.1 Å². The summed E-state index contributed by atoms with van der Waals surface area (Å²) in [5.41, 5.74) is 0. The second kappa shape index (κ2) is 1.50. The molecule has 0 saturated heterocycles. The van der Waals surface area contributed by atoms with Crippen LogP contribution in [-0.4, -0.2) is 0 Å². The fraction of sp³-hybridized carbons (Fsp3) is 0. The molecule has 0 aromatic rings. The molecule has 1 rings (SSSR count). The van der Waals surface area contributed by atoms with E-state index in [1.165, 1.54) is 12.5 Å². The average Bonchev–Trinajstić information content (AvgIpc) is 1.72. The van der Waals surface area contributed by atoms with Crippen molar-refractivity contribution in [3.8, 4) is 0 Å². The Hall–Kier alpha value is -0.920. The summed E-state index contributed by atoms with van der Waals surface area (Å²) >= 11 is 0. The van der Waals surface area contributed by atoms with Crippen molar-refractivity contribution in [2.24, 2.45) is 0 Å². The molecule has 6 heavy (non-hydrogen) atoms. The summed E-state index contributed by atoms with van der Waals surface area (Å²) in [7, 11) is 0. The van der Waals surface area contributed by atoms with E-state index < -0.39 is 0 Å². The van der Waals surface area contributed by atoms with Gasteiger partial charge in [0.15, 0.2) is 0 Å². The van der Waals surface area contributed by atoms with Gasteiger partial charge < -0.3 is 4.74 Å². The SMILES string of the molecule is C1=COC=C[N]1. The lowest BCUT2D eigenvalue weighted by atomic mass is 10.8. The Balaban J connectivity index is 2.40. The molecule has 1 heterocycles. The summed E-state index contributed by atoms with van der Waals surface area (Å²) in [6.45, 7) is 0. The maximum atomic E-state index is 4.61. The van der Waals surface area contributed by atoms with Crippen LogP contribution in [0.4, 0.5) is 0 Å². The highest BCUT2D eigenvalue weighted by Crippen LogP contribution is 1.83. The second-order valence-electron chi connectivity index (χ2n) is 0.855. The number of hydrogen-bond acceptors (Lipinski definition) is 1. The first kappa shape index (κ1) is 3.28. The van der Waals surface area contributed by atoms with Crippen molar-refractivity contribution in [3.63, 3.8) is 0 Å². The first-order valence-electron chi connectivity index (χ1n) is 1.65. The maximum absolute atomic E-state index is 4.61. The van der Waals surface area contributed by atoms with Crippen molar-refractivity contribution < 1.29 is 4.74 Å². The van der Waals surface area contributed by atoms with Crippen LogP contribution in [0.3, 0.4) is 0 Å². The lowest BCUT2D eigenvalue weighted by Gasteiger charge is -1.92. The minimum absolute atomic E-state index is 1.51. The lowest BCUT2D eigenvalue weighted by Crippen LogP contribution is -1.86. The van der Waals surface area contributed by atoms with Gasteiger partial charge in [-0.2, -0.15) is 0 Å². The van der Waals surface area contributed by atoms with Crippen LogP contribution in [0.5, 0.6) is 0 Å². The highest BCUT2D eigenvalue weighted by molar-refractivity contribution is 4.86. The van der Waals surface area contributed by atoms with E-state index in [2.05, 4.69) is 10.1 Å². The standard InChI is InChI=1S/C4H4NO/c1-3-6-4-2-5-1/h1-4H. The highest BCUT2D eigenvalue weighted by atomic mass is 16.5. The molecular weight excluding hydrogens is 78.0 g/mol. The van der Waals surface area contributed by atoms with Crippen molar-refractivity contribution >= 4 is 0 Å². The van der Waals surface area contributed by atoms with Crippen LogP contribution >= 0.6 is 0 Å². The summed E-state index contributed by atoms with van der Waals surface area (Å²) in [6.07, 6.45) is 6.19. The maximum Gasteiger partial charge on any atom is 0.108 e. The molecule has 31 valence electrons. The minimum atomic E-state index is 1.51. The number of nitrogens with zero attached hydrogens (tertiary/aromatic N) is 1. The van der Waals surface area contributed by atoms with Crippen LogP contribution in [0, 0.1) is 0 Å². The van der Waals surface area contributed by atoms with Gasteiger partial charge in [0.25, 0.3) is 0 Å². The van der Waals surface area contributed by atoms with Gasteiger partial charge in [-0.05, 0) is 0 Å². The normalized spacial score (nSPS) is 16.0. The molecule has 0 aromatic heterocycles. The Morgan fingerprint density at radius 2 is 1.83 bits per heavy atom. The molecule has 0 N–H and O–H groups in total. The molecule has 1 aliphatic heterocycles. The van der Waals surface area contributed by atoms with Crippen LogP contribution < -0.4 is 5.32 Å². The third-order valence-corrected chi connectivity index (χ3v) is 0.451. The average molecular weight is 82.1 g/mol. The summed E-state index contributed by atoms with van der Waals surface area (Å²) in [6, 6.07) is 0. The predicted molar refractivity (Wildman–Crippen MR) is 21.5 cm³/mol. The largest absolute Gasteiger partial charge is 0.469 e. The van der Waals surface area contributed by atoms with Gasteiger partial charge in [-0.1, -0.05) is 0 Å². The van der Waals surface area contributed by atoms with E-state index in [0.29, 0.717) is 0 Å². The fourth-order valence-corrected chi connectivity index (χ4v) is 0.236. The molecule has 0 atom stereocenters. The molecule has 0 saturated carbocycles. The summed E-state index contributed by atoms with van der Waals surface area (Å²) < 4.78 is 4.61. The van der Waals surface area contributed by atoms with E-state index in [1.54, 1.807) is 12.4 Å². The molecule has 0 aliphatic carbocycles.